The number of alkyl carbamates (subject to hydrolysis) is 1. The van der Waals surface area contributed by atoms with Gasteiger partial charge in [-0.3, -0.25) is 4.98 Å². The van der Waals surface area contributed by atoms with Gasteiger partial charge in [-0.1, -0.05) is 32.1 Å². The van der Waals surface area contributed by atoms with Crippen molar-refractivity contribution in [3.63, 3.8) is 0 Å². The fourth-order valence-corrected chi connectivity index (χ4v) is 5.62. The van der Waals surface area contributed by atoms with E-state index < -0.39 is 0 Å². The lowest BCUT2D eigenvalue weighted by molar-refractivity contribution is 0.164. The number of aromatic nitrogens is 3. The van der Waals surface area contributed by atoms with E-state index in [-0.39, 0.29) is 6.09 Å². The molecule has 3 aromatic rings. The zero-order valence-electron chi connectivity index (χ0n) is 20.9. The lowest BCUT2D eigenvalue weighted by Crippen LogP contribution is -2.42. The molecule has 0 unspecified atom stereocenters. The SMILES string of the molecule is COC(=O)NC[C@H]1C[C@H](Nc2cc(-c3ccc4cc(C#N)cnn34)ncc2C2CCCCCCC2)C1. The molecule has 36 heavy (non-hydrogen) atoms. The number of carbonyl (C=O) groups excluding carboxylic acids is 1. The summed E-state index contributed by atoms with van der Waals surface area (Å²) in [7, 11) is 1.39. The Morgan fingerprint density at radius 3 is 2.67 bits per heavy atom. The van der Waals surface area contributed by atoms with E-state index >= 15 is 0 Å². The molecule has 8 nitrogen and oxygen atoms in total. The number of amides is 1. The maximum absolute atomic E-state index is 11.4. The summed E-state index contributed by atoms with van der Waals surface area (Å²) in [5.41, 5.74) is 5.69. The average Bonchev–Trinajstić information content (AvgIpc) is 3.28. The summed E-state index contributed by atoms with van der Waals surface area (Å²) in [6, 6.07) is 10.5. The van der Waals surface area contributed by atoms with Crippen LogP contribution in [0.3, 0.4) is 0 Å². The van der Waals surface area contributed by atoms with Crippen LogP contribution in [0.5, 0.6) is 0 Å². The molecule has 0 aliphatic heterocycles. The monoisotopic (exact) mass is 486 g/mol. The minimum Gasteiger partial charge on any atom is -0.453 e. The summed E-state index contributed by atoms with van der Waals surface area (Å²) >= 11 is 0. The third kappa shape index (κ3) is 5.30. The predicted octanol–water partition coefficient (Wildman–Crippen LogP) is 5.64. The highest BCUT2D eigenvalue weighted by atomic mass is 16.5. The van der Waals surface area contributed by atoms with Crippen molar-refractivity contribution < 1.29 is 9.53 Å². The second-order valence-corrected chi connectivity index (χ2v) is 10.2. The van der Waals surface area contributed by atoms with Crippen LogP contribution in [-0.4, -0.2) is 40.4 Å². The molecule has 3 aromatic heterocycles. The van der Waals surface area contributed by atoms with Gasteiger partial charge in [0.05, 0.1) is 35.8 Å². The number of pyridine rings is 1. The van der Waals surface area contributed by atoms with Crippen molar-refractivity contribution in [3.8, 4) is 17.5 Å². The molecule has 2 aliphatic rings. The summed E-state index contributed by atoms with van der Waals surface area (Å²) in [5, 5.41) is 20.3. The molecule has 0 saturated heterocycles. The van der Waals surface area contributed by atoms with Gasteiger partial charge in [0.2, 0.25) is 0 Å². The van der Waals surface area contributed by atoms with Crippen molar-refractivity contribution >= 4 is 17.3 Å². The van der Waals surface area contributed by atoms with Gasteiger partial charge in [0.25, 0.3) is 0 Å². The molecule has 0 aromatic carbocycles. The van der Waals surface area contributed by atoms with Crippen LogP contribution in [0.4, 0.5) is 10.5 Å². The van der Waals surface area contributed by atoms with E-state index in [0.717, 1.165) is 29.7 Å². The van der Waals surface area contributed by atoms with Crippen molar-refractivity contribution in [2.75, 3.05) is 19.0 Å². The smallest absolute Gasteiger partial charge is 0.406 e. The van der Waals surface area contributed by atoms with Crippen LogP contribution in [-0.2, 0) is 4.74 Å². The Labute approximate surface area is 212 Å². The summed E-state index contributed by atoms with van der Waals surface area (Å²) in [6.45, 7) is 0.647. The van der Waals surface area contributed by atoms with Gasteiger partial charge < -0.3 is 15.4 Å². The summed E-state index contributed by atoms with van der Waals surface area (Å²) < 4.78 is 6.54. The number of rotatable bonds is 6. The van der Waals surface area contributed by atoms with Crippen molar-refractivity contribution in [3.05, 3.63) is 47.8 Å². The number of nitriles is 1. The van der Waals surface area contributed by atoms with Gasteiger partial charge in [0, 0.05) is 24.5 Å². The van der Waals surface area contributed by atoms with E-state index in [4.69, 9.17) is 9.72 Å². The number of anilines is 1. The molecule has 0 atom stereocenters. The third-order valence-corrected chi connectivity index (χ3v) is 7.69. The molecule has 0 bridgehead atoms. The normalized spacial score (nSPS) is 20.6. The maximum atomic E-state index is 11.4. The second-order valence-electron chi connectivity index (χ2n) is 10.2. The summed E-state index contributed by atoms with van der Waals surface area (Å²) in [4.78, 5) is 16.3. The molecular formula is C28H34N6O2. The highest BCUT2D eigenvalue weighted by molar-refractivity contribution is 5.69. The Balaban J connectivity index is 1.39. The molecular weight excluding hydrogens is 452 g/mol. The lowest BCUT2D eigenvalue weighted by Gasteiger charge is -2.37. The lowest BCUT2D eigenvalue weighted by atomic mass is 9.79. The van der Waals surface area contributed by atoms with E-state index in [1.165, 1.54) is 63.3 Å². The molecule has 188 valence electrons. The van der Waals surface area contributed by atoms with Gasteiger partial charge in [-0.05, 0) is 67.3 Å². The van der Waals surface area contributed by atoms with Gasteiger partial charge in [-0.15, -0.1) is 0 Å². The van der Waals surface area contributed by atoms with Gasteiger partial charge in [0.15, 0.2) is 0 Å². The number of methoxy groups -OCH3 is 1. The fraction of sp³-hybridized carbons (Fsp3) is 0.500. The van der Waals surface area contributed by atoms with Gasteiger partial charge in [-0.2, -0.15) is 10.4 Å². The van der Waals surface area contributed by atoms with E-state index in [0.29, 0.717) is 30.0 Å². The van der Waals surface area contributed by atoms with Crippen molar-refractivity contribution in [2.24, 2.45) is 5.92 Å². The van der Waals surface area contributed by atoms with Gasteiger partial charge in [-0.25, -0.2) is 9.31 Å². The topological polar surface area (TPSA) is 104 Å². The number of carbonyl (C=O) groups is 1. The van der Waals surface area contributed by atoms with Crippen LogP contribution in [0, 0.1) is 17.2 Å². The first-order valence-electron chi connectivity index (χ1n) is 13.1. The highest BCUT2D eigenvalue weighted by Crippen LogP contribution is 2.38. The van der Waals surface area contributed by atoms with E-state index in [2.05, 4.69) is 34.1 Å². The first-order valence-corrected chi connectivity index (χ1v) is 13.1. The first-order chi connectivity index (χ1) is 17.6. The minimum absolute atomic E-state index is 0.369. The van der Waals surface area contributed by atoms with Crippen LogP contribution in [0.15, 0.2) is 36.7 Å². The molecule has 2 aliphatic carbocycles. The molecule has 0 spiro atoms. The molecule has 1 amide bonds. The standard InChI is InChI=1S/C28H34N6O2/c1-36-28(35)31-16-19-11-22(12-19)33-25-14-26(27-10-9-23-13-20(15-29)17-32-34(23)27)30-18-24(25)21-7-5-3-2-4-6-8-21/h9-10,13-14,17-19,21-22H,2-8,11-12,16H2,1H3,(H,30,33)(H,31,35)/t19-,22-. The van der Waals surface area contributed by atoms with Crippen LogP contribution in [0.2, 0.25) is 0 Å². The average molecular weight is 487 g/mol. The highest BCUT2D eigenvalue weighted by Gasteiger charge is 2.30. The Bertz CT molecular complexity index is 1250. The fourth-order valence-electron chi connectivity index (χ4n) is 5.62. The predicted molar refractivity (Wildman–Crippen MR) is 139 cm³/mol. The molecule has 3 heterocycles. The van der Waals surface area contributed by atoms with E-state index in [9.17, 15) is 10.1 Å². The minimum atomic E-state index is -0.369. The van der Waals surface area contributed by atoms with Crippen molar-refractivity contribution in [1.82, 2.24) is 19.9 Å². The second kappa shape index (κ2) is 11.0. The molecule has 2 N–H and O–H groups in total. The largest absolute Gasteiger partial charge is 0.453 e. The quantitative estimate of drug-likeness (QED) is 0.467. The molecule has 8 heteroatoms. The number of hydrogen-bond acceptors (Lipinski definition) is 6. The van der Waals surface area contributed by atoms with Crippen LogP contribution < -0.4 is 10.6 Å². The molecule has 2 fully saturated rings. The molecule has 2 saturated carbocycles. The number of nitrogens with zero attached hydrogens (tertiary/aromatic N) is 4. The summed E-state index contributed by atoms with van der Waals surface area (Å²) in [6.07, 6.45) is 14.2. The maximum Gasteiger partial charge on any atom is 0.406 e. The van der Waals surface area contributed by atoms with E-state index in [1.54, 1.807) is 6.20 Å². The molecule has 0 radical (unpaired) electrons. The van der Waals surface area contributed by atoms with E-state index in [1.807, 2.05) is 22.7 Å². The number of nitrogens with one attached hydrogen (secondary N) is 2. The number of fused-ring (bicyclic) bond motifs is 1. The Morgan fingerprint density at radius 1 is 1.14 bits per heavy atom. The summed E-state index contributed by atoms with van der Waals surface area (Å²) in [5.74, 6) is 0.979. The van der Waals surface area contributed by atoms with Gasteiger partial charge >= 0.3 is 6.09 Å². The van der Waals surface area contributed by atoms with Gasteiger partial charge in [0.1, 0.15) is 6.07 Å². The Kier molecular flexibility index (Phi) is 7.36. The van der Waals surface area contributed by atoms with Crippen LogP contribution in [0.1, 0.15) is 74.8 Å². The van der Waals surface area contributed by atoms with Crippen LogP contribution >= 0.6 is 0 Å². The zero-order valence-corrected chi connectivity index (χ0v) is 20.9. The van der Waals surface area contributed by atoms with Crippen molar-refractivity contribution in [1.29, 1.82) is 5.26 Å². The number of hydrogen-bond donors (Lipinski definition) is 2. The Hall–Kier alpha value is -3.60. The van der Waals surface area contributed by atoms with Crippen molar-refractivity contribution in [2.45, 2.75) is 69.7 Å². The van der Waals surface area contributed by atoms with Crippen LogP contribution in [0.25, 0.3) is 16.9 Å². The Morgan fingerprint density at radius 2 is 1.92 bits per heavy atom. The molecule has 5 rings (SSSR count). The number of ether oxygens (including phenoxy) is 1. The third-order valence-electron chi connectivity index (χ3n) is 7.69. The zero-order chi connectivity index (χ0) is 24.9. The first kappa shape index (κ1) is 24.1.